The van der Waals surface area contributed by atoms with Crippen molar-refractivity contribution < 1.29 is 13.9 Å². The smallest absolute Gasteiger partial charge is 0.144 e. The monoisotopic (exact) mass is 287 g/mol. The van der Waals surface area contributed by atoms with E-state index >= 15 is 0 Å². The van der Waals surface area contributed by atoms with Crippen LogP contribution in [0.3, 0.4) is 0 Å². The summed E-state index contributed by atoms with van der Waals surface area (Å²) >= 11 is 0. The van der Waals surface area contributed by atoms with Gasteiger partial charge in [0.1, 0.15) is 29.5 Å². The SMILES string of the molecule is Cc1cc(F)c2c(Nc3ccc(F)cc3O)ncnc2c1. The van der Waals surface area contributed by atoms with Crippen LogP contribution in [0.4, 0.5) is 20.3 Å². The molecule has 1 aromatic heterocycles. The average Bonchev–Trinajstić information content (AvgIpc) is 2.41. The highest BCUT2D eigenvalue weighted by atomic mass is 19.1. The second-order valence-electron chi connectivity index (χ2n) is 4.65. The van der Waals surface area contributed by atoms with Crippen LogP contribution in [0, 0.1) is 18.6 Å². The molecule has 0 saturated heterocycles. The minimum atomic E-state index is -0.563. The summed E-state index contributed by atoms with van der Waals surface area (Å²) in [4.78, 5) is 8.02. The second-order valence-corrected chi connectivity index (χ2v) is 4.65. The van der Waals surface area contributed by atoms with Crippen molar-refractivity contribution in [1.29, 1.82) is 0 Å². The van der Waals surface area contributed by atoms with E-state index in [0.717, 1.165) is 11.6 Å². The molecule has 0 aliphatic heterocycles. The predicted octanol–water partition coefficient (Wildman–Crippen LogP) is 3.67. The quantitative estimate of drug-likeness (QED) is 0.706. The van der Waals surface area contributed by atoms with Crippen LogP contribution in [0.5, 0.6) is 5.75 Å². The van der Waals surface area contributed by atoms with Gasteiger partial charge in [-0.1, -0.05) is 0 Å². The first-order valence-electron chi connectivity index (χ1n) is 6.21. The van der Waals surface area contributed by atoms with Crippen LogP contribution >= 0.6 is 0 Å². The number of nitrogens with one attached hydrogen (secondary N) is 1. The molecule has 0 saturated carbocycles. The molecule has 3 rings (SSSR count). The zero-order chi connectivity index (χ0) is 15.0. The Bertz CT molecular complexity index is 837. The third-order valence-corrected chi connectivity index (χ3v) is 3.05. The van der Waals surface area contributed by atoms with Crippen molar-refractivity contribution in [3.8, 4) is 5.75 Å². The van der Waals surface area contributed by atoms with Gasteiger partial charge in [-0.05, 0) is 36.8 Å². The van der Waals surface area contributed by atoms with E-state index in [1.807, 2.05) is 0 Å². The van der Waals surface area contributed by atoms with Gasteiger partial charge < -0.3 is 10.4 Å². The normalized spacial score (nSPS) is 10.8. The largest absolute Gasteiger partial charge is 0.506 e. The maximum Gasteiger partial charge on any atom is 0.144 e. The van der Waals surface area contributed by atoms with Crippen LogP contribution < -0.4 is 5.32 Å². The number of aromatic hydroxyl groups is 1. The Kier molecular flexibility index (Phi) is 3.13. The Balaban J connectivity index is 2.12. The fourth-order valence-electron chi connectivity index (χ4n) is 2.11. The van der Waals surface area contributed by atoms with E-state index < -0.39 is 11.6 Å². The molecule has 2 N–H and O–H groups in total. The van der Waals surface area contributed by atoms with E-state index in [4.69, 9.17) is 0 Å². The highest BCUT2D eigenvalue weighted by molar-refractivity contribution is 5.92. The number of hydrogen-bond donors (Lipinski definition) is 2. The third kappa shape index (κ3) is 2.47. The average molecular weight is 287 g/mol. The third-order valence-electron chi connectivity index (χ3n) is 3.05. The van der Waals surface area contributed by atoms with Gasteiger partial charge in [-0.15, -0.1) is 0 Å². The Morgan fingerprint density at radius 2 is 1.90 bits per heavy atom. The summed E-state index contributed by atoms with van der Waals surface area (Å²) in [6.45, 7) is 1.77. The lowest BCUT2D eigenvalue weighted by Crippen LogP contribution is -1.98. The lowest BCUT2D eigenvalue weighted by atomic mass is 10.1. The number of nitrogens with zero attached hydrogens (tertiary/aromatic N) is 2. The van der Waals surface area contributed by atoms with Crippen LogP contribution in [0.1, 0.15) is 5.56 Å². The van der Waals surface area contributed by atoms with Crippen LogP contribution in [-0.4, -0.2) is 15.1 Å². The van der Waals surface area contributed by atoms with Crippen molar-refractivity contribution in [3.05, 3.63) is 53.9 Å². The van der Waals surface area contributed by atoms with Crippen LogP contribution in [0.15, 0.2) is 36.7 Å². The van der Waals surface area contributed by atoms with Gasteiger partial charge in [-0.3, -0.25) is 0 Å². The highest BCUT2D eigenvalue weighted by Crippen LogP contribution is 2.30. The molecule has 4 nitrogen and oxygen atoms in total. The van der Waals surface area contributed by atoms with Gasteiger partial charge >= 0.3 is 0 Å². The van der Waals surface area contributed by atoms with E-state index in [0.29, 0.717) is 5.52 Å². The van der Waals surface area contributed by atoms with E-state index in [1.54, 1.807) is 13.0 Å². The Hall–Kier alpha value is -2.76. The van der Waals surface area contributed by atoms with Crippen molar-refractivity contribution in [2.45, 2.75) is 6.92 Å². The Morgan fingerprint density at radius 3 is 2.67 bits per heavy atom. The molecular weight excluding hydrogens is 276 g/mol. The summed E-state index contributed by atoms with van der Waals surface area (Å²) in [6, 6.07) is 6.61. The Labute approximate surface area is 119 Å². The van der Waals surface area contributed by atoms with Gasteiger partial charge in [0.05, 0.1) is 16.6 Å². The number of aromatic nitrogens is 2. The molecule has 0 aliphatic rings. The summed E-state index contributed by atoms with van der Waals surface area (Å²) in [5.74, 6) is -1.10. The molecule has 0 radical (unpaired) electrons. The molecule has 0 unspecified atom stereocenters. The molecule has 2 aromatic carbocycles. The van der Waals surface area contributed by atoms with Crippen molar-refractivity contribution in [1.82, 2.24) is 9.97 Å². The summed E-state index contributed by atoms with van der Waals surface area (Å²) in [6.07, 6.45) is 1.30. The molecule has 6 heteroatoms. The fraction of sp³-hybridized carbons (Fsp3) is 0.0667. The maximum atomic E-state index is 14.1. The lowest BCUT2D eigenvalue weighted by molar-refractivity contribution is 0.471. The van der Waals surface area contributed by atoms with E-state index in [9.17, 15) is 13.9 Å². The van der Waals surface area contributed by atoms with Crippen molar-refractivity contribution in [3.63, 3.8) is 0 Å². The number of benzene rings is 2. The summed E-state index contributed by atoms with van der Waals surface area (Å²) in [5.41, 5.74) is 1.43. The zero-order valence-electron chi connectivity index (χ0n) is 11.1. The molecule has 0 spiro atoms. The molecule has 3 aromatic rings. The first-order chi connectivity index (χ1) is 10.0. The highest BCUT2D eigenvalue weighted by Gasteiger charge is 2.12. The van der Waals surface area contributed by atoms with Crippen LogP contribution in [0.2, 0.25) is 0 Å². The summed E-state index contributed by atoms with van der Waals surface area (Å²) in [7, 11) is 0. The van der Waals surface area contributed by atoms with E-state index in [-0.39, 0.29) is 22.6 Å². The van der Waals surface area contributed by atoms with Gasteiger partial charge in [0.15, 0.2) is 0 Å². The van der Waals surface area contributed by atoms with E-state index in [2.05, 4.69) is 15.3 Å². The zero-order valence-corrected chi connectivity index (χ0v) is 11.1. The number of anilines is 2. The number of aryl methyl sites for hydroxylation is 1. The van der Waals surface area contributed by atoms with Gasteiger partial charge in [-0.2, -0.15) is 0 Å². The minimum absolute atomic E-state index is 0.208. The number of phenols is 1. The van der Waals surface area contributed by atoms with Gasteiger partial charge in [0, 0.05) is 6.07 Å². The fourth-order valence-corrected chi connectivity index (χ4v) is 2.11. The van der Waals surface area contributed by atoms with Gasteiger partial charge in [0.25, 0.3) is 0 Å². The molecule has 0 aliphatic carbocycles. The number of hydrogen-bond acceptors (Lipinski definition) is 4. The summed E-state index contributed by atoms with van der Waals surface area (Å²) in [5, 5.41) is 12.7. The van der Waals surface area contributed by atoms with Gasteiger partial charge in [-0.25, -0.2) is 18.7 Å². The molecule has 0 amide bonds. The number of halogens is 2. The van der Waals surface area contributed by atoms with Crippen molar-refractivity contribution in [2.75, 3.05) is 5.32 Å². The summed E-state index contributed by atoms with van der Waals surface area (Å²) < 4.78 is 27.1. The minimum Gasteiger partial charge on any atom is -0.506 e. The lowest BCUT2D eigenvalue weighted by Gasteiger charge is -2.10. The molecule has 0 atom stereocenters. The molecule has 0 fully saturated rings. The van der Waals surface area contributed by atoms with Crippen molar-refractivity contribution in [2.24, 2.45) is 0 Å². The Morgan fingerprint density at radius 1 is 1.10 bits per heavy atom. The maximum absolute atomic E-state index is 14.1. The van der Waals surface area contributed by atoms with Crippen molar-refractivity contribution >= 4 is 22.4 Å². The molecule has 0 bridgehead atoms. The number of rotatable bonds is 2. The molecule has 106 valence electrons. The molecular formula is C15H11F2N3O. The number of fused-ring (bicyclic) bond motifs is 1. The molecule has 21 heavy (non-hydrogen) atoms. The van der Waals surface area contributed by atoms with E-state index in [1.165, 1.54) is 24.5 Å². The number of phenolic OH excluding ortho intramolecular Hbond substituents is 1. The first-order valence-corrected chi connectivity index (χ1v) is 6.21. The first kappa shape index (κ1) is 13.2. The van der Waals surface area contributed by atoms with Crippen LogP contribution in [0.25, 0.3) is 10.9 Å². The predicted molar refractivity (Wildman–Crippen MR) is 75.6 cm³/mol. The molecule has 1 heterocycles. The standard InChI is InChI=1S/C15H11F2N3O/c1-8-4-10(17)14-12(5-8)18-7-19-15(14)20-11-3-2-9(16)6-13(11)21/h2-7,21H,1H3,(H,18,19,20). The van der Waals surface area contributed by atoms with Gasteiger partial charge in [0.2, 0.25) is 0 Å². The second kappa shape index (κ2) is 4.97. The topological polar surface area (TPSA) is 58.0 Å². The van der Waals surface area contributed by atoms with Crippen LogP contribution in [-0.2, 0) is 0 Å².